The summed E-state index contributed by atoms with van der Waals surface area (Å²) in [7, 11) is 1.77. The summed E-state index contributed by atoms with van der Waals surface area (Å²) in [6.07, 6.45) is 3.11. The topological polar surface area (TPSA) is 102 Å². The highest BCUT2D eigenvalue weighted by Crippen LogP contribution is 2.32. The van der Waals surface area contributed by atoms with Crippen molar-refractivity contribution in [2.75, 3.05) is 23.4 Å². The van der Waals surface area contributed by atoms with Crippen LogP contribution in [-0.4, -0.2) is 22.9 Å². The van der Waals surface area contributed by atoms with Crippen molar-refractivity contribution in [2.45, 2.75) is 13.8 Å². The third-order valence-corrected chi connectivity index (χ3v) is 2.83. The van der Waals surface area contributed by atoms with Crippen LogP contribution >= 0.6 is 0 Å². The maximum Gasteiger partial charge on any atom is 0.222 e. The Labute approximate surface area is 122 Å². The first-order valence-electron chi connectivity index (χ1n) is 6.35. The van der Waals surface area contributed by atoms with E-state index in [1.54, 1.807) is 31.6 Å². The fourth-order valence-corrected chi connectivity index (χ4v) is 1.87. The maximum atomic E-state index is 11.0. The third-order valence-electron chi connectivity index (χ3n) is 2.83. The molecule has 0 spiro atoms. The van der Waals surface area contributed by atoms with Crippen LogP contribution in [0.5, 0.6) is 11.5 Å². The van der Waals surface area contributed by atoms with E-state index in [0.717, 1.165) is 11.3 Å². The van der Waals surface area contributed by atoms with E-state index in [9.17, 15) is 4.79 Å². The molecule has 0 saturated carbocycles. The lowest BCUT2D eigenvalue weighted by atomic mass is 10.2. The molecule has 0 atom stereocenters. The van der Waals surface area contributed by atoms with Gasteiger partial charge in [0.1, 0.15) is 17.4 Å². The van der Waals surface area contributed by atoms with E-state index in [2.05, 4.69) is 20.6 Å². The average molecular weight is 287 g/mol. The molecule has 1 amide bonds. The van der Waals surface area contributed by atoms with Gasteiger partial charge in [-0.1, -0.05) is 0 Å². The SMILES string of the molecule is CNc1c(N)ncc(Oc2ccnc(NC(C)=O)c2)c1C. The minimum Gasteiger partial charge on any atom is -0.455 e. The minimum absolute atomic E-state index is 0.192. The number of hydrogen-bond acceptors (Lipinski definition) is 6. The lowest BCUT2D eigenvalue weighted by Crippen LogP contribution is -2.07. The number of nitrogens with zero attached hydrogens (tertiary/aromatic N) is 2. The van der Waals surface area contributed by atoms with Gasteiger partial charge >= 0.3 is 0 Å². The second kappa shape index (κ2) is 6.08. The fraction of sp³-hybridized carbons (Fsp3) is 0.214. The molecule has 110 valence electrons. The molecule has 0 fully saturated rings. The van der Waals surface area contributed by atoms with Crippen LogP contribution in [0.25, 0.3) is 0 Å². The highest BCUT2D eigenvalue weighted by Gasteiger charge is 2.10. The highest BCUT2D eigenvalue weighted by atomic mass is 16.5. The van der Waals surface area contributed by atoms with Crippen molar-refractivity contribution in [3.05, 3.63) is 30.1 Å². The Bertz CT molecular complexity index is 672. The molecule has 0 aromatic carbocycles. The van der Waals surface area contributed by atoms with Gasteiger partial charge in [0.2, 0.25) is 5.91 Å². The van der Waals surface area contributed by atoms with E-state index in [4.69, 9.17) is 10.5 Å². The predicted molar refractivity (Wildman–Crippen MR) is 81.5 cm³/mol. The number of nitrogens with one attached hydrogen (secondary N) is 2. The van der Waals surface area contributed by atoms with Gasteiger partial charge in [0, 0.05) is 31.8 Å². The summed E-state index contributed by atoms with van der Waals surface area (Å²) >= 11 is 0. The summed E-state index contributed by atoms with van der Waals surface area (Å²) < 4.78 is 5.78. The van der Waals surface area contributed by atoms with E-state index >= 15 is 0 Å². The van der Waals surface area contributed by atoms with Crippen molar-refractivity contribution in [3.8, 4) is 11.5 Å². The zero-order valence-corrected chi connectivity index (χ0v) is 12.1. The molecule has 2 aromatic rings. The number of amides is 1. The predicted octanol–water partition coefficient (Wildman–Crippen LogP) is 2.16. The van der Waals surface area contributed by atoms with Gasteiger partial charge in [0.05, 0.1) is 11.9 Å². The Balaban J connectivity index is 2.28. The van der Waals surface area contributed by atoms with Gasteiger partial charge < -0.3 is 21.1 Å². The normalized spacial score (nSPS) is 10.0. The summed E-state index contributed by atoms with van der Waals surface area (Å²) in [5, 5.41) is 5.59. The van der Waals surface area contributed by atoms with Gasteiger partial charge in [-0.05, 0) is 13.0 Å². The van der Waals surface area contributed by atoms with Gasteiger partial charge in [-0.15, -0.1) is 0 Å². The molecule has 2 aromatic heterocycles. The number of pyridine rings is 2. The van der Waals surface area contributed by atoms with Crippen LogP contribution < -0.4 is 21.1 Å². The van der Waals surface area contributed by atoms with E-state index < -0.39 is 0 Å². The largest absolute Gasteiger partial charge is 0.455 e. The smallest absolute Gasteiger partial charge is 0.222 e. The number of carbonyl (C=O) groups is 1. The first kappa shape index (κ1) is 14.6. The van der Waals surface area contributed by atoms with Crippen LogP contribution in [0.2, 0.25) is 0 Å². The van der Waals surface area contributed by atoms with Crippen molar-refractivity contribution < 1.29 is 9.53 Å². The highest BCUT2D eigenvalue weighted by molar-refractivity contribution is 5.87. The van der Waals surface area contributed by atoms with Gasteiger partial charge in [-0.25, -0.2) is 9.97 Å². The number of hydrogen-bond donors (Lipinski definition) is 3. The molecular formula is C14H17N5O2. The molecule has 0 aliphatic carbocycles. The number of nitrogen functional groups attached to an aromatic ring is 1. The van der Waals surface area contributed by atoms with Crippen molar-refractivity contribution in [2.24, 2.45) is 0 Å². The Morgan fingerprint density at radius 2 is 2.14 bits per heavy atom. The average Bonchev–Trinajstić information content (AvgIpc) is 2.42. The Kier molecular flexibility index (Phi) is 4.22. The van der Waals surface area contributed by atoms with Crippen LogP contribution in [-0.2, 0) is 4.79 Å². The third kappa shape index (κ3) is 3.38. The summed E-state index contributed by atoms with van der Waals surface area (Å²) in [5.41, 5.74) is 7.36. The van der Waals surface area contributed by atoms with Crippen molar-refractivity contribution >= 4 is 23.2 Å². The number of ether oxygens (including phenoxy) is 1. The molecule has 7 heteroatoms. The Morgan fingerprint density at radius 3 is 2.81 bits per heavy atom. The molecule has 2 heterocycles. The first-order chi connectivity index (χ1) is 10.0. The fourth-order valence-electron chi connectivity index (χ4n) is 1.87. The zero-order chi connectivity index (χ0) is 15.4. The molecular weight excluding hydrogens is 270 g/mol. The minimum atomic E-state index is -0.192. The van der Waals surface area contributed by atoms with Gasteiger partial charge in [-0.3, -0.25) is 4.79 Å². The van der Waals surface area contributed by atoms with E-state index in [1.165, 1.54) is 6.92 Å². The van der Waals surface area contributed by atoms with Crippen LogP contribution in [0.15, 0.2) is 24.5 Å². The van der Waals surface area contributed by atoms with Crippen LogP contribution in [0.1, 0.15) is 12.5 Å². The first-order valence-corrected chi connectivity index (χ1v) is 6.35. The summed E-state index contributed by atoms with van der Waals surface area (Å²) in [6, 6.07) is 3.33. The molecule has 0 unspecified atom stereocenters. The summed E-state index contributed by atoms with van der Waals surface area (Å²) in [4.78, 5) is 19.1. The molecule has 0 bridgehead atoms. The zero-order valence-electron chi connectivity index (χ0n) is 12.1. The maximum absolute atomic E-state index is 11.0. The van der Waals surface area contributed by atoms with Crippen molar-refractivity contribution in [1.82, 2.24) is 9.97 Å². The molecule has 0 aliphatic heterocycles. The molecule has 4 N–H and O–H groups in total. The van der Waals surface area contributed by atoms with Gasteiger partial charge in [0.25, 0.3) is 0 Å². The van der Waals surface area contributed by atoms with Crippen LogP contribution in [0.3, 0.4) is 0 Å². The van der Waals surface area contributed by atoms with Gasteiger partial charge in [0.15, 0.2) is 5.75 Å². The molecule has 21 heavy (non-hydrogen) atoms. The molecule has 7 nitrogen and oxygen atoms in total. The van der Waals surface area contributed by atoms with E-state index in [0.29, 0.717) is 23.1 Å². The van der Waals surface area contributed by atoms with Gasteiger partial charge in [-0.2, -0.15) is 0 Å². The quantitative estimate of drug-likeness (QED) is 0.796. The number of aromatic nitrogens is 2. The van der Waals surface area contributed by atoms with E-state index in [-0.39, 0.29) is 5.91 Å². The summed E-state index contributed by atoms with van der Waals surface area (Å²) in [6.45, 7) is 3.30. The lowest BCUT2D eigenvalue weighted by molar-refractivity contribution is -0.114. The van der Waals surface area contributed by atoms with Crippen LogP contribution in [0.4, 0.5) is 17.3 Å². The second-order valence-corrected chi connectivity index (χ2v) is 4.42. The monoisotopic (exact) mass is 287 g/mol. The molecule has 0 aliphatic rings. The number of nitrogens with two attached hydrogens (primary N) is 1. The molecule has 2 rings (SSSR count). The Hall–Kier alpha value is -2.83. The van der Waals surface area contributed by atoms with E-state index in [1.807, 2.05) is 6.92 Å². The second-order valence-electron chi connectivity index (χ2n) is 4.42. The Morgan fingerprint density at radius 1 is 1.38 bits per heavy atom. The standard InChI is InChI=1S/C14H17N5O2/c1-8-11(7-18-14(15)13(8)16-3)21-10-4-5-17-12(6-10)19-9(2)20/h4-7,16H,1-3H3,(H2,15,18)(H,17,19,20). The number of anilines is 3. The lowest BCUT2D eigenvalue weighted by Gasteiger charge is -2.13. The number of carbonyl (C=O) groups excluding carboxylic acids is 1. The molecule has 0 saturated heterocycles. The van der Waals surface area contributed by atoms with Crippen LogP contribution in [0, 0.1) is 6.92 Å². The molecule has 0 radical (unpaired) electrons. The van der Waals surface area contributed by atoms with Crippen molar-refractivity contribution in [1.29, 1.82) is 0 Å². The van der Waals surface area contributed by atoms with Crippen molar-refractivity contribution in [3.63, 3.8) is 0 Å². The summed E-state index contributed by atoms with van der Waals surface area (Å²) in [5.74, 6) is 1.77. The number of rotatable bonds is 4.